The van der Waals surface area contributed by atoms with Crippen molar-refractivity contribution in [3.63, 3.8) is 0 Å². The zero-order valence-electron chi connectivity index (χ0n) is 14.0. The summed E-state index contributed by atoms with van der Waals surface area (Å²) in [6, 6.07) is 7.34. The second-order valence-corrected chi connectivity index (χ2v) is 7.84. The lowest BCUT2D eigenvalue weighted by Crippen LogP contribution is -2.33. The molecule has 0 fully saturated rings. The van der Waals surface area contributed by atoms with E-state index in [0.29, 0.717) is 11.6 Å². The molecule has 136 valence electrons. The van der Waals surface area contributed by atoms with Crippen LogP contribution >= 0.6 is 0 Å². The van der Waals surface area contributed by atoms with Gasteiger partial charge in [-0.25, -0.2) is 22.0 Å². The Hall–Kier alpha value is -2.74. The molecule has 0 bridgehead atoms. The van der Waals surface area contributed by atoms with Gasteiger partial charge in [-0.05, 0) is 48.4 Å². The molecule has 5 nitrogen and oxygen atoms in total. The molecule has 1 aliphatic rings. The van der Waals surface area contributed by atoms with E-state index in [2.05, 4.69) is 4.74 Å². The zero-order valence-corrected chi connectivity index (χ0v) is 14.8. The highest BCUT2D eigenvalue weighted by molar-refractivity contribution is 7.96. The zero-order chi connectivity index (χ0) is 19.1. The molecule has 3 rings (SSSR count). The van der Waals surface area contributed by atoms with E-state index in [1.165, 1.54) is 32.2 Å². The summed E-state index contributed by atoms with van der Waals surface area (Å²) in [4.78, 5) is 11.9. The number of nitrogens with zero attached hydrogens (tertiary/aromatic N) is 1. The van der Waals surface area contributed by atoms with Crippen LogP contribution in [0.25, 0.3) is 6.08 Å². The first-order chi connectivity index (χ1) is 12.2. The molecule has 8 heteroatoms. The van der Waals surface area contributed by atoms with Gasteiger partial charge in [0.2, 0.25) is 0 Å². The summed E-state index contributed by atoms with van der Waals surface area (Å²) >= 11 is 0. The number of esters is 1. The molecule has 0 radical (unpaired) electrons. The van der Waals surface area contributed by atoms with Gasteiger partial charge in [-0.3, -0.25) is 4.31 Å². The fourth-order valence-electron chi connectivity index (χ4n) is 2.76. The summed E-state index contributed by atoms with van der Waals surface area (Å²) in [5.41, 5.74) is 1.13. The van der Waals surface area contributed by atoms with Crippen LogP contribution in [0.4, 0.5) is 14.5 Å². The molecule has 0 N–H and O–H groups in total. The fourth-order valence-corrected chi connectivity index (χ4v) is 4.12. The van der Waals surface area contributed by atoms with Crippen LogP contribution in [0.5, 0.6) is 0 Å². The lowest BCUT2D eigenvalue weighted by atomic mass is 10.1. The third-order valence-electron chi connectivity index (χ3n) is 4.02. The minimum Gasteiger partial charge on any atom is -0.465 e. The highest BCUT2D eigenvalue weighted by Crippen LogP contribution is 2.36. The number of sulfonamides is 1. The van der Waals surface area contributed by atoms with E-state index in [4.69, 9.17) is 0 Å². The SMILES string of the molecule is COC(=O)c1ccc2c(c1)N(Cc1cc(F)cc(F)c1)S(=O)(=O)C(C)=C2. The Morgan fingerprint density at radius 3 is 2.38 bits per heavy atom. The van der Waals surface area contributed by atoms with E-state index in [-0.39, 0.29) is 28.3 Å². The Bertz CT molecular complexity index is 1010. The number of hydrogen-bond donors (Lipinski definition) is 0. The lowest BCUT2D eigenvalue weighted by molar-refractivity contribution is 0.0600. The first-order valence-corrected chi connectivity index (χ1v) is 9.05. The van der Waals surface area contributed by atoms with Gasteiger partial charge in [0.1, 0.15) is 11.6 Å². The number of carbonyl (C=O) groups is 1. The van der Waals surface area contributed by atoms with Gasteiger partial charge >= 0.3 is 5.97 Å². The van der Waals surface area contributed by atoms with Crippen molar-refractivity contribution in [1.29, 1.82) is 0 Å². The highest BCUT2D eigenvalue weighted by atomic mass is 32.2. The minimum atomic E-state index is -3.89. The first-order valence-electron chi connectivity index (χ1n) is 7.61. The summed E-state index contributed by atoms with van der Waals surface area (Å²) in [6.45, 7) is 1.16. The topological polar surface area (TPSA) is 63.7 Å². The van der Waals surface area contributed by atoms with Crippen LogP contribution in [-0.4, -0.2) is 21.5 Å². The van der Waals surface area contributed by atoms with Crippen LogP contribution in [0.1, 0.15) is 28.4 Å². The molecule has 0 unspecified atom stereocenters. The summed E-state index contributed by atoms with van der Waals surface area (Å²) in [5, 5.41) is 0. The maximum atomic E-state index is 13.5. The van der Waals surface area contributed by atoms with Crippen LogP contribution in [0.3, 0.4) is 0 Å². The molecule has 1 aliphatic heterocycles. The second kappa shape index (κ2) is 6.53. The average Bonchev–Trinajstić information content (AvgIpc) is 2.57. The van der Waals surface area contributed by atoms with Gasteiger partial charge in [0.15, 0.2) is 0 Å². The standard InChI is InChI=1S/C18H15F2NO4S/c1-11-5-13-3-4-14(18(22)25-2)8-17(13)21(26(11,23)24)10-12-6-15(19)9-16(20)7-12/h3-9H,10H2,1-2H3. The maximum Gasteiger partial charge on any atom is 0.337 e. The van der Waals surface area contributed by atoms with Gasteiger partial charge in [0.25, 0.3) is 10.0 Å². The predicted molar refractivity (Wildman–Crippen MR) is 92.9 cm³/mol. The molecular formula is C18H15F2NO4S. The molecule has 2 aromatic rings. The number of methoxy groups -OCH3 is 1. The van der Waals surface area contributed by atoms with E-state index in [1.54, 1.807) is 6.07 Å². The van der Waals surface area contributed by atoms with Crippen molar-refractivity contribution < 1.29 is 26.7 Å². The van der Waals surface area contributed by atoms with Gasteiger partial charge in [-0.2, -0.15) is 0 Å². The van der Waals surface area contributed by atoms with Crippen LogP contribution < -0.4 is 4.31 Å². The van der Waals surface area contributed by atoms with Crippen molar-refractivity contribution in [1.82, 2.24) is 0 Å². The third-order valence-corrected chi connectivity index (χ3v) is 5.86. The molecule has 0 atom stereocenters. The molecule has 26 heavy (non-hydrogen) atoms. The van der Waals surface area contributed by atoms with Crippen molar-refractivity contribution >= 4 is 27.8 Å². The second-order valence-electron chi connectivity index (χ2n) is 5.81. The quantitative estimate of drug-likeness (QED) is 0.766. The Morgan fingerprint density at radius 2 is 1.77 bits per heavy atom. The van der Waals surface area contributed by atoms with Crippen LogP contribution in [-0.2, 0) is 21.3 Å². The molecule has 1 heterocycles. The number of halogens is 2. The molecule has 2 aromatic carbocycles. The largest absolute Gasteiger partial charge is 0.465 e. The fraction of sp³-hybridized carbons (Fsp3) is 0.167. The highest BCUT2D eigenvalue weighted by Gasteiger charge is 2.31. The summed E-state index contributed by atoms with van der Waals surface area (Å²) in [5.74, 6) is -2.22. The number of fused-ring (bicyclic) bond motifs is 1. The van der Waals surface area contributed by atoms with Gasteiger partial charge in [0, 0.05) is 6.07 Å². The Labute approximate surface area is 149 Å². The van der Waals surface area contributed by atoms with Crippen molar-refractivity contribution in [2.45, 2.75) is 13.5 Å². The smallest absolute Gasteiger partial charge is 0.337 e. The van der Waals surface area contributed by atoms with Crippen molar-refractivity contribution in [2.75, 3.05) is 11.4 Å². The number of ether oxygens (including phenoxy) is 1. The molecular weight excluding hydrogens is 364 g/mol. The number of benzene rings is 2. The Balaban J connectivity index is 2.14. The van der Waals surface area contributed by atoms with E-state index in [0.717, 1.165) is 16.4 Å². The molecule has 0 aliphatic carbocycles. The Morgan fingerprint density at radius 1 is 1.12 bits per heavy atom. The third kappa shape index (κ3) is 3.20. The van der Waals surface area contributed by atoms with Gasteiger partial charge in [-0.15, -0.1) is 0 Å². The number of rotatable bonds is 3. The number of carbonyl (C=O) groups excluding carboxylic acids is 1. The molecule has 0 saturated carbocycles. The summed E-state index contributed by atoms with van der Waals surface area (Å²) in [7, 11) is -2.67. The van der Waals surface area contributed by atoms with Gasteiger partial charge in [0.05, 0.1) is 29.8 Å². The lowest BCUT2D eigenvalue weighted by Gasteiger charge is -2.30. The predicted octanol–water partition coefficient (Wildman–Crippen LogP) is 3.46. The van der Waals surface area contributed by atoms with E-state index < -0.39 is 27.6 Å². The van der Waals surface area contributed by atoms with Crippen molar-refractivity contribution in [2.24, 2.45) is 0 Å². The van der Waals surface area contributed by atoms with Crippen LogP contribution in [0.2, 0.25) is 0 Å². The maximum absolute atomic E-state index is 13.5. The van der Waals surface area contributed by atoms with Crippen molar-refractivity contribution in [3.8, 4) is 0 Å². The number of anilines is 1. The molecule has 0 aromatic heterocycles. The number of hydrogen-bond acceptors (Lipinski definition) is 4. The number of allylic oxidation sites excluding steroid dienone is 1. The van der Waals surface area contributed by atoms with Gasteiger partial charge in [-0.1, -0.05) is 6.07 Å². The summed E-state index contributed by atoms with van der Waals surface area (Å²) < 4.78 is 58.2. The first kappa shape index (κ1) is 18.1. The van der Waals surface area contributed by atoms with E-state index >= 15 is 0 Å². The van der Waals surface area contributed by atoms with E-state index in [9.17, 15) is 22.0 Å². The average molecular weight is 379 g/mol. The normalized spacial score (nSPS) is 15.2. The van der Waals surface area contributed by atoms with Crippen LogP contribution in [0, 0.1) is 11.6 Å². The van der Waals surface area contributed by atoms with Gasteiger partial charge < -0.3 is 4.74 Å². The van der Waals surface area contributed by atoms with E-state index in [1.807, 2.05) is 0 Å². The van der Waals surface area contributed by atoms with Crippen molar-refractivity contribution in [3.05, 3.63) is 69.6 Å². The summed E-state index contributed by atoms with van der Waals surface area (Å²) in [6.07, 6.45) is 1.48. The minimum absolute atomic E-state index is 0.0905. The monoisotopic (exact) mass is 379 g/mol. The van der Waals surface area contributed by atoms with Crippen LogP contribution in [0.15, 0.2) is 41.3 Å². The molecule has 0 amide bonds. The Kier molecular flexibility index (Phi) is 4.53. The molecule has 0 saturated heterocycles. The molecule has 0 spiro atoms.